The number of hydrogen-bond donors (Lipinski definition) is 1. The fourth-order valence-corrected chi connectivity index (χ4v) is 2.28. The second-order valence-corrected chi connectivity index (χ2v) is 5.34. The number of esters is 1. The molecule has 0 bridgehead atoms. The maximum atomic E-state index is 12.1. The number of nitrogens with one attached hydrogen (secondary N) is 1. The number of benzene rings is 2. The molecule has 0 fully saturated rings. The molecule has 0 saturated heterocycles. The average Bonchev–Trinajstić information content (AvgIpc) is 2.71. The van der Waals surface area contributed by atoms with E-state index in [9.17, 15) is 19.7 Å². The van der Waals surface area contributed by atoms with Crippen LogP contribution < -0.4 is 19.5 Å². The highest BCUT2D eigenvalue weighted by Gasteiger charge is 2.16. The second kappa shape index (κ2) is 9.21. The van der Waals surface area contributed by atoms with E-state index in [-0.39, 0.29) is 11.3 Å². The predicted octanol–water partition coefficient (Wildman–Crippen LogP) is 2.42. The molecule has 0 atom stereocenters. The molecular formula is C18H18N2O8. The Morgan fingerprint density at radius 1 is 1.00 bits per heavy atom. The van der Waals surface area contributed by atoms with Gasteiger partial charge >= 0.3 is 5.97 Å². The van der Waals surface area contributed by atoms with Crippen molar-refractivity contribution in [1.29, 1.82) is 0 Å². The molecule has 10 heteroatoms. The summed E-state index contributed by atoms with van der Waals surface area (Å²) in [6.07, 6.45) is 0. The Bertz CT molecular complexity index is 855. The Hall–Kier alpha value is -3.82. The highest BCUT2D eigenvalue weighted by molar-refractivity contribution is 5.96. The Balaban J connectivity index is 2.00. The maximum absolute atomic E-state index is 12.1. The van der Waals surface area contributed by atoms with Gasteiger partial charge in [-0.3, -0.25) is 14.9 Å². The molecule has 28 heavy (non-hydrogen) atoms. The third-order valence-electron chi connectivity index (χ3n) is 3.60. The fourth-order valence-electron chi connectivity index (χ4n) is 2.28. The second-order valence-electron chi connectivity index (χ2n) is 5.34. The molecule has 0 aromatic heterocycles. The van der Waals surface area contributed by atoms with E-state index in [1.165, 1.54) is 57.7 Å². The van der Waals surface area contributed by atoms with Crippen molar-refractivity contribution in [3.8, 4) is 17.2 Å². The molecular weight excluding hydrogens is 372 g/mol. The quantitative estimate of drug-likeness (QED) is 0.414. The minimum absolute atomic E-state index is 0.0891. The molecule has 0 heterocycles. The van der Waals surface area contributed by atoms with Gasteiger partial charge in [0.1, 0.15) is 0 Å². The van der Waals surface area contributed by atoms with E-state index in [2.05, 4.69) is 5.32 Å². The van der Waals surface area contributed by atoms with E-state index in [1.54, 1.807) is 0 Å². The van der Waals surface area contributed by atoms with Crippen LogP contribution in [0.5, 0.6) is 17.2 Å². The number of carbonyl (C=O) groups excluding carboxylic acids is 2. The highest BCUT2D eigenvalue weighted by atomic mass is 16.6. The SMILES string of the molecule is COc1cc(NC(=O)COC(=O)c2ccc([N+](=O)[O-])cc2)cc(OC)c1OC. The van der Waals surface area contributed by atoms with E-state index in [0.717, 1.165) is 0 Å². The van der Waals surface area contributed by atoms with Gasteiger partial charge < -0.3 is 24.3 Å². The molecule has 0 aliphatic rings. The van der Waals surface area contributed by atoms with Crippen molar-refractivity contribution in [2.24, 2.45) is 0 Å². The summed E-state index contributed by atoms with van der Waals surface area (Å²) in [5.41, 5.74) is 0.286. The van der Waals surface area contributed by atoms with Gasteiger partial charge in [-0.1, -0.05) is 0 Å². The van der Waals surface area contributed by atoms with E-state index >= 15 is 0 Å². The summed E-state index contributed by atoms with van der Waals surface area (Å²) < 4.78 is 20.5. The number of nitrogens with zero attached hydrogens (tertiary/aromatic N) is 1. The Morgan fingerprint density at radius 2 is 1.57 bits per heavy atom. The lowest BCUT2D eigenvalue weighted by atomic mass is 10.2. The monoisotopic (exact) mass is 390 g/mol. The first-order valence-corrected chi connectivity index (χ1v) is 7.91. The number of rotatable bonds is 8. The number of amides is 1. The summed E-state index contributed by atoms with van der Waals surface area (Å²) in [7, 11) is 4.33. The first-order chi connectivity index (χ1) is 13.4. The number of nitro groups is 1. The van der Waals surface area contributed by atoms with Crippen LogP contribution in [0.3, 0.4) is 0 Å². The van der Waals surface area contributed by atoms with Gasteiger partial charge in [-0.15, -0.1) is 0 Å². The maximum Gasteiger partial charge on any atom is 0.338 e. The van der Waals surface area contributed by atoms with Crippen LogP contribution in [-0.2, 0) is 9.53 Å². The van der Waals surface area contributed by atoms with Crippen molar-refractivity contribution in [3.05, 3.63) is 52.1 Å². The third kappa shape index (κ3) is 4.87. The zero-order valence-electron chi connectivity index (χ0n) is 15.4. The Labute approximate surface area is 160 Å². The Morgan fingerprint density at radius 3 is 2.04 bits per heavy atom. The van der Waals surface area contributed by atoms with Gasteiger partial charge in [-0.2, -0.15) is 0 Å². The van der Waals surface area contributed by atoms with Crippen molar-refractivity contribution in [2.45, 2.75) is 0 Å². The minimum Gasteiger partial charge on any atom is -0.493 e. The van der Waals surface area contributed by atoms with Gasteiger partial charge in [0, 0.05) is 30.0 Å². The van der Waals surface area contributed by atoms with Crippen molar-refractivity contribution >= 4 is 23.3 Å². The number of ether oxygens (including phenoxy) is 4. The predicted molar refractivity (Wildman–Crippen MR) is 98.1 cm³/mol. The molecule has 0 radical (unpaired) electrons. The standard InChI is InChI=1S/C18H18N2O8/c1-25-14-8-12(9-15(26-2)17(14)27-3)19-16(21)10-28-18(22)11-4-6-13(7-5-11)20(23)24/h4-9H,10H2,1-3H3,(H,19,21). The van der Waals surface area contributed by atoms with Crippen LogP contribution in [-0.4, -0.2) is 44.7 Å². The first-order valence-electron chi connectivity index (χ1n) is 7.91. The van der Waals surface area contributed by atoms with E-state index in [4.69, 9.17) is 18.9 Å². The zero-order chi connectivity index (χ0) is 20.7. The van der Waals surface area contributed by atoms with Crippen LogP contribution in [0.15, 0.2) is 36.4 Å². The van der Waals surface area contributed by atoms with Gasteiger partial charge in [0.05, 0.1) is 31.8 Å². The lowest BCUT2D eigenvalue weighted by molar-refractivity contribution is -0.384. The lowest BCUT2D eigenvalue weighted by Crippen LogP contribution is -2.21. The molecule has 1 N–H and O–H groups in total. The summed E-state index contributed by atoms with van der Waals surface area (Å²) in [6.45, 7) is -0.549. The third-order valence-corrected chi connectivity index (χ3v) is 3.60. The van der Waals surface area contributed by atoms with E-state index in [0.29, 0.717) is 22.9 Å². The number of carbonyl (C=O) groups is 2. The van der Waals surface area contributed by atoms with E-state index in [1.807, 2.05) is 0 Å². The molecule has 0 aliphatic carbocycles. The normalized spacial score (nSPS) is 9.96. The molecule has 2 aromatic carbocycles. The van der Waals surface area contributed by atoms with Gasteiger partial charge in [0.15, 0.2) is 18.1 Å². The van der Waals surface area contributed by atoms with Crippen molar-refractivity contribution in [2.75, 3.05) is 33.3 Å². The molecule has 0 spiro atoms. The molecule has 10 nitrogen and oxygen atoms in total. The molecule has 0 saturated carbocycles. The topological polar surface area (TPSA) is 126 Å². The minimum atomic E-state index is -0.782. The van der Waals surface area contributed by atoms with E-state index < -0.39 is 23.4 Å². The molecule has 148 valence electrons. The molecule has 1 amide bonds. The van der Waals surface area contributed by atoms with Gasteiger partial charge in [0.2, 0.25) is 5.75 Å². The van der Waals surface area contributed by atoms with Crippen LogP contribution in [0.4, 0.5) is 11.4 Å². The molecule has 2 rings (SSSR count). The summed E-state index contributed by atoms with van der Waals surface area (Å²) >= 11 is 0. The number of hydrogen-bond acceptors (Lipinski definition) is 8. The summed E-state index contributed by atoms with van der Waals surface area (Å²) in [5.74, 6) is -0.313. The summed E-state index contributed by atoms with van der Waals surface area (Å²) in [5, 5.41) is 13.2. The number of non-ortho nitro benzene ring substituents is 1. The van der Waals surface area contributed by atoms with Gasteiger partial charge in [0.25, 0.3) is 11.6 Å². The van der Waals surface area contributed by atoms with Crippen LogP contribution in [0.2, 0.25) is 0 Å². The van der Waals surface area contributed by atoms with Crippen molar-refractivity contribution in [3.63, 3.8) is 0 Å². The first kappa shape index (κ1) is 20.5. The Kier molecular flexibility index (Phi) is 6.74. The molecule has 0 unspecified atom stereocenters. The average molecular weight is 390 g/mol. The van der Waals surface area contributed by atoms with Crippen LogP contribution in [0.1, 0.15) is 10.4 Å². The lowest BCUT2D eigenvalue weighted by Gasteiger charge is -2.14. The van der Waals surface area contributed by atoms with Crippen LogP contribution in [0, 0.1) is 10.1 Å². The van der Waals surface area contributed by atoms with Crippen molar-refractivity contribution < 1.29 is 33.5 Å². The zero-order valence-corrected chi connectivity index (χ0v) is 15.4. The van der Waals surface area contributed by atoms with Crippen LogP contribution >= 0.6 is 0 Å². The number of anilines is 1. The molecule has 0 aliphatic heterocycles. The van der Waals surface area contributed by atoms with Crippen LogP contribution in [0.25, 0.3) is 0 Å². The van der Waals surface area contributed by atoms with Gasteiger partial charge in [-0.05, 0) is 12.1 Å². The smallest absolute Gasteiger partial charge is 0.338 e. The summed E-state index contributed by atoms with van der Waals surface area (Å²) in [4.78, 5) is 34.0. The fraction of sp³-hybridized carbons (Fsp3) is 0.222. The summed E-state index contributed by atoms with van der Waals surface area (Å²) in [6, 6.07) is 7.89. The molecule has 2 aromatic rings. The number of methoxy groups -OCH3 is 3. The van der Waals surface area contributed by atoms with Gasteiger partial charge in [-0.25, -0.2) is 4.79 Å². The van der Waals surface area contributed by atoms with Crippen molar-refractivity contribution in [1.82, 2.24) is 0 Å². The highest BCUT2D eigenvalue weighted by Crippen LogP contribution is 2.39. The largest absolute Gasteiger partial charge is 0.493 e. The number of nitro benzene ring substituents is 1.